The Kier molecular flexibility index (Phi) is 4.68. The summed E-state index contributed by atoms with van der Waals surface area (Å²) in [7, 11) is 0. The van der Waals surface area contributed by atoms with Crippen LogP contribution in [-0.4, -0.2) is 16.1 Å². The summed E-state index contributed by atoms with van der Waals surface area (Å²) < 4.78 is 14.2. The number of benzene rings is 1. The smallest absolute Gasteiger partial charge is 0.249 e. The van der Waals surface area contributed by atoms with Crippen LogP contribution in [0.3, 0.4) is 0 Å². The van der Waals surface area contributed by atoms with Gasteiger partial charge in [0.2, 0.25) is 5.91 Å². The van der Waals surface area contributed by atoms with Crippen molar-refractivity contribution in [3.63, 3.8) is 0 Å². The molecule has 0 atom stereocenters. The molecule has 4 nitrogen and oxygen atoms in total. The second kappa shape index (κ2) is 6.47. The summed E-state index contributed by atoms with van der Waals surface area (Å²) in [5.41, 5.74) is 1.26. The first-order chi connectivity index (χ1) is 9.60. The molecule has 0 fully saturated rings. The fraction of sp³-hybridized carbons (Fsp3) is 0.143. The molecular weight excluding hydrogens is 325 g/mol. The number of hydrogen-bond acceptors (Lipinski definition) is 2. The lowest BCUT2D eigenvalue weighted by atomic mass is 10.2. The van der Waals surface area contributed by atoms with E-state index in [0.717, 1.165) is 16.5 Å². The van der Waals surface area contributed by atoms with Crippen LogP contribution in [0.2, 0.25) is 0 Å². The fourth-order valence-electron chi connectivity index (χ4n) is 1.66. The molecule has 0 saturated heterocycles. The Morgan fingerprint density at radius 3 is 3.10 bits per heavy atom. The number of rotatable bonds is 4. The molecule has 104 valence electrons. The Morgan fingerprint density at radius 2 is 2.35 bits per heavy atom. The van der Waals surface area contributed by atoms with Crippen LogP contribution in [0.5, 0.6) is 0 Å². The topological polar surface area (TPSA) is 57.8 Å². The Bertz CT molecular complexity index is 652. The number of aryl methyl sites for hydroxylation is 1. The van der Waals surface area contributed by atoms with Crippen molar-refractivity contribution in [2.24, 2.45) is 0 Å². The Labute approximate surface area is 124 Å². The summed E-state index contributed by atoms with van der Waals surface area (Å²) in [5, 5.41) is 9.24. The Hall–Kier alpha value is -1.95. The predicted octanol–water partition coefficient (Wildman–Crippen LogP) is 3.53. The van der Waals surface area contributed by atoms with Crippen molar-refractivity contribution in [3.8, 4) is 0 Å². The number of aromatic amines is 1. The van der Waals surface area contributed by atoms with E-state index in [9.17, 15) is 9.18 Å². The number of amides is 1. The first kappa shape index (κ1) is 14.5. The number of H-pyrrole nitrogens is 1. The van der Waals surface area contributed by atoms with E-state index in [-0.39, 0.29) is 11.7 Å². The molecule has 0 radical (unpaired) electrons. The first-order valence-electron chi connectivity index (χ1n) is 6.06. The van der Waals surface area contributed by atoms with Gasteiger partial charge in [-0.15, -0.1) is 0 Å². The normalized spacial score (nSPS) is 10.9. The zero-order valence-electron chi connectivity index (χ0n) is 10.8. The van der Waals surface area contributed by atoms with Crippen LogP contribution in [-0.2, 0) is 11.2 Å². The van der Waals surface area contributed by atoms with Crippen molar-refractivity contribution in [2.75, 3.05) is 5.32 Å². The van der Waals surface area contributed by atoms with Crippen LogP contribution in [0.25, 0.3) is 6.08 Å². The molecule has 0 spiro atoms. The van der Waals surface area contributed by atoms with Crippen molar-refractivity contribution < 1.29 is 9.18 Å². The molecule has 0 aliphatic heterocycles. The van der Waals surface area contributed by atoms with E-state index in [2.05, 4.69) is 31.4 Å². The van der Waals surface area contributed by atoms with Crippen molar-refractivity contribution >= 4 is 33.7 Å². The lowest BCUT2D eigenvalue weighted by Crippen LogP contribution is -2.09. The number of anilines is 1. The predicted molar refractivity (Wildman–Crippen MR) is 79.7 cm³/mol. The van der Waals surface area contributed by atoms with Crippen LogP contribution in [0, 0.1) is 5.82 Å². The van der Waals surface area contributed by atoms with Gasteiger partial charge in [-0.1, -0.05) is 22.9 Å². The molecule has 1 amide bonds. The lowest BCUT2D eigenvalue weighted by Gasteiger charge is -2.01. The molecule has 2 rings (SSSR count). The largest absolute Gasteiger partial charge is 0.307 e. The zero-order chi connectivity index (χ0) is 14.5. The lowest BCUT2D eigenvalue weighted by molar-refractivity contribution is -0.111. The third-order valence-corrected chi connectivity index (χ3v) is 3.21. The van der Waals surface area contributed by atoms with E-state index in [1.807, 2.05) is 6.92 Å². The van der Waals surface area contributed by atoms with Crippen LogP contribution in [0.4, 0.5) is 10.2 Å². The van der Waals surface area contributed by atoms with Gasteiger partial charge in [0, 0.05) is 21.7 Å². The Morgan fingerprint density at radius 1 is 1.55 bits per heavy atom. The van der Waals surface area contributed by atoms with Gasteiger partial charge in [0.05, 0.1) is 6.20 Å². The average Bonchev–Trinajstić information content (AvgIpc) is 2.87. The molecule has 6 heteroatoms. The number of hydrogen-bond donors (Lipinski definition) is 2. The maximum Gasteiger partial charge on any atom is 0.249 e. The third-order valence-electron chi connectivity index (χ3n) is 2.72. The molecule has 2 aromatic rings. The minimum Gasteiger partial charge on any atom is -0.307 e. The summed E-state index contributed by atoms with van der Waals surface area (Å²) in [5.74, 6) is -0.159. The van der Waals surface area contributed by atoms with E-state index < -0.39 is 0 Å². The highest BCUT2D eigenvalue weighted by atomic mass is 79.9. The average molecular weight is 338 g/mol. The second-order valence-corrected chi connectivity index (χ2v) is 5.03. The maximum absolute atomic E-state index is 13.5. The molecule has 0 saturated carbocycles. The molecule has 0 bridgehead atoms. The van der Waals surface area contributed by atoms with Crippen molar-refractivity contribution in [2.45, 2.75) is 13.3 Å². The van der Waals surface area contributed by atoms with Crippen molar-refractivity contribution in [1.29, 1.82) is 0 Å². The highest BCUT2D eigenvalue weighted by Crippen LogP contribution is 2.17. The van der Waals surface area contributed by atoms with Gasteiger partial charge in [-0.25, -0.2) is 4.39 Å². The second-order valence-electron chi connectivity index (χ2n) is 4.11. The fourth-order valence-corrected chi connectivity index (χ4v) is 2.04. The molecule has 1 aromatic heterocycles. The monoisotopic (exact) mass is 337 g/mol. The Balaban J connectivity index is 2.08. The first-order valence-corrected chi connectivity index (χ1v) is 6.85. The number of nitrogens with one attached hydrogen (secondary N) is 2. The molecule has 0 aliphatic rings. The van der Waals surface area contributed by atoms with E-state index in [1.54, 1.807) is 18.3 Å². The van der Waals surface area contributed by atoms with E-state index in [0.29, 0.717) is 11.4 Å². The quantitative estimate of drug-likeness (QED) is 0.838. The number of aromatic nitrogens is 2. The molecular formula is C14H13BrFN3O. The summed E-state index contributed by atoms with van der Waals surface area (Å²) in [6.45, 7) is 1.97. The van der Waals surface area contributed by atoms with Gasteiger partial charge in [0.25, 0.3) is 0 Å². The number of nitrogens with zero attached hydrogens (tertiary/aromatic N) is 1. The summed E-state index contributed by atoms with van der Waals surface area (Å²) >= 11 is 3.26. The highest BCUT2D eigenvalue weighted by molar-refractivity contribution is 9.10. The SMILES string of the molecule is CCc1cn[nH]c1NC(=O)/C=C/c1cc(Br)ccc1F. The minimum atomic E-state index is -0.381. The van der Waals surface area contributed by atoms with Crippen molar-refractivity contribution in [3.05, 3.63) is 51.9 Å². The van der Waals surface area contributed by atoms with Gasteiger partial charge < -0.3 is 5.32 Å². The molecule has 2 N–H and O–H groups in total. The van der Waals surface area contributed by atoms with Gasteiger partial charge in [-0.05, 0) is 30.7 Å². The molecule has 1 heterocycles. The summed E-state index contributed by atoms with van der Waals surface area (Å²) in [6.07, 6.45) is 5.13. The van der Waals surface area contributed by atoms with Gasteiger partial charge in [-0.2, -0.15) is 5.10 Å². The number of halogens is 2. The van der Waals surface area contributed by atoms with Crippen molar-refractivity contribution in [1.82, 2.24) is 10.2 Å². The van der Waals surface area contributed by atoms with Crippen LogP contribution in [0.15, 0.2) is 34.9 Å². The maximum atomic E-state index is 13.5. The molecule has 0 unspecified atom stereocenters. The molecule has 0 aliphatic carbocycles. The highest BCUT2D eigenvalue weighted by Gasteiger charge is 2.05. The standard InChI is InChI=1S/C14H13BrFN3O/c1-2-9-8-17-19-14(9)18-13(20)6-3-10-7-11(15)4-5-12(10)16/h3-8H,2H2,1H3,(H2,17,18,19,20)/b6-3+. The number of carbonyl (C=O) groups is 1. The van der Waals surface area contributed by atoms with E-state index >= 15 is 0 Å². The van der Waals surface area contributed by atoms with Crippen LogP contribution >= 0.6 is 15.9 Å². The summed E-state index contributed by atoms with van der Waals surface area (Å²) in [4.78, 5) is 11.8. The third kappa shape index (κ3) is 3.54. The van der Waals surface area contributed by atoms with Gasteiger partial charge >= 0.3 is 0 Å². The molecule has 20 heavy (non-hydrogen) atoms. The zero-order valence-corrected chi connectivity index (χ0v) is 12.4. The van der Waals surface area contributed by atoms with Crippen LogP contribution in [0.1, 0.15) is 18.1 Å². The van der Waals surface area contributed by atoms with Gasteiger partial charge in [-0.3, -0.25) is 9.89 Å². The number of carbonyl (C=O) groups excluding carboxylic acids is 1. The van der Waals surface area contributed by atoms with Crippen LogP contribution < -0.4 is 5.32 Å². The van der Waals surface area contributed by atoms with Gasteiger partial charge in [0.15, 0.2) is 0 Å². The summed E-state index contributed by atoms with van der Waals surface area (Å²) in [6, 6.07) is 4.55. The minimum absolute atomic E-state index is 0.342. The van der Waals surface area contributed by atoms with Gasteiger partial charge in [0.1, 0.15) is 11.6 Å². The van der Waals surface area contributed by atoms with E-state index in [4.69, 9.17) is 0 Å². The molecule has 1 aromatic carbocycles. The van der Waals surface area contributed by atoms with E-state index in [1.165, 1.54) is 18.2 Å².